The lowest BCUT2D eigenvalue weighted by molar-refractivity contribution is 0.102. The molecular formula is C21H15F2N3O4S. The average molecular weight is 443 g/mol. The highest BCUT2D eigenvalue weighted by molar-refractivity contribution is 7.92. The Labute approximate surface area is 176 Å². The number of halogens is 2. The zero-order valence-electron chi connectivity index (χ0n) is 16.0. The van der Waals surface area contributed by atoms with Crippen molar-refractivity contribution in [2.75, 3.05) is 17.1 Å². The number of hydrogen-bond donors (Lipinski definition) is 2. The Balaban J connectivity index is 1.87. The molecule has 1 amide bonds. The second kappa shape index (κ2) is 8.81. The average Bonchev–Trinajstić information content (AvgIpc) is 2.75. The van der Waals surface area contributed by atoms with E-state index in [0.717, 1.165) is 18.2 Å². The Morgan fingerprint density at radius 3 is 2.32 bits per heavy atom. The topological polar surface area (TPSA) is 108 Å². The van der Waals surface area contributed by atoms with Crippen LogP contribution in [0.1, 0.15) is 15.9 Å². The SMILES string of the molecule is COc1ccc(NC(=O)c2ccc(F)c(F)c2)cc1NS(=O)(=O)c1ccc(C#N)cc1. The number of benzene rings is 3. The van der Waals surface area contributed by atoms with E-state index in [9.17, 15) is 22.0 Å². The summed E-state index contributed by atoms with van der Waals surface area (Å²) in [5, 5.41) is 11.3. The number of ether oxygens (including phenoxy) is 1. The normalized spacial score (nSPS) is 10.8. The van der Waals surface area contributed by atoms with E-state index < -0.39 is 27.6 Å². The van der Waals surface area contributed by atoms with Crippen molar-refractivity contribution in [3.8, 4) is 11.8 Å². The van der Waals surface area contributed by atoms with Gasteiger partial charge in [0, 0.05) is 11.3 Å². The number of amides is 1. The summed E-state index contributed by atoms with van der Waals surface area (Å²) in [6.45, 7) is 0. The second-order valence-corrected chi connectivity index (χ2v) is 7.92. The third-order valence-electron chi connectivity index (χ3n) is 4.18. The van der Waals surface area contributed by atoms with Crippen molar-refractivity contribution >= 4 is 27.3 Å². The van der Waals surface area contributed by atoms with Gasteiger partial charge in [0.25, 0.3) is 15.9 Å². The fourth-order valence-electron chi connectivity index (χ4n) is 2.62. The van der Waals surface area contributed by atoms with E-state index >= 15 is 0 Å². The van der Waals surface area contributed by atoms with Gasteiger partial charge in [-0.3, -0.25) is 9.52 Å². The molecule has 3 aromatic rings. The Kier molecular flexibility index (Phi) is 6.17. The van der Waals surface area contributed by atoms with Gasteiger partial charge in [-0.25, -0.2) is 17.2 Å². The Hall–Kier alpha value is -3.97. The molecule has 0 aliphatic heterocycles. The van der Waals surface area contributed by atoms with Crippen molar-refractivity contribution in [2.24, 2.45) is 0 Å². The minimum Gasteiger partial charge on any atom is -0.495 e. The molecule has 3 aromatic carbocycles. The molecule has 0 unspecified atom stereocenters. The number of carbonyl (C=O) groups is 1. The number of methoxy groups -OCH3 is 1. The van der Waals surface area contributed by atoms with Crippen LogP contribution in [0.15, 0.2) is 65.6 Å². The van der Waals surface area contributed by atoms with Crippen molar-refractivity contribution in [2.45, 2.75) is 4.90 Å². The number of anilines is 2. The molecule has 0 aromatic heterocycles. The molecule has 0 heterocycles. The maximum absolute atomic E-state index is 13.4. The third kappa shape index (κ3) is 4.96. The number of hydrogen-bond acceptors (Lipinski definition) is 5. The molecule has 31 heavy (non-hydrogen) atoms. The van der Waals surface area contributed by atoms with Gasteiger partial charge in [-0.1, -0.05) is 0 Å². The zero-order valence-corrected chi connectivity index (χ0v) is 16.8. The van der Waals surface area contributed by atoms with Gasteiger partial charge in [-0.15, -0.1) is 0 Å². The fraction of sp³-hybridized carbons (Fsp3) is 0.0476. The highest BCUT2D eigenvalue weighted by Crippen LogP contribution is 2.30. The molecule has 158 valence electrons. The minimum absolute atomic E-state index is 0.0370. The maximum atomic E-state index is 13.4. The van der Waals surface area contributed by atoms with E-state index in [1.165, 1.54) is 49.6 Å². The predicted octanol–water partition coefficient (Wildman–Crippen LogP) is 3.90. The zero-order chi connectivity index (χ0) is 22.6. The van der Waals surface area contributed by atoms with E-state index in [0.29, 0.717) is 5.56 Å². The summed E-state index contributed by atoms with van der Waals surface area (Å²) in [6.07, 6.45) is 0. The van der Waals surface area contributed by atoms with Gasteiger partial charge >= 0.3 is 0 Å². The Morgan fingerprint density at radius 1 is 1.00 bits per heavy atom. The van der Waals surface area contributed by atoms with Crippen LogP contribution in [0.3, 0.4) is 0 Å². The van der Waals surface area contributed by atoms with Crippen LogP contribution in [0.4, 0.5) is 20.2 Å². The Morgan fingerprint density at radius 2 is 1.71 bits per heavy atom. The summed E-state index contributed by atoms with van der Waals surface area (Å²) < 4.78 is 59.3. The van der Waals surface area contributed by atoms with Crippen LogP contribution in [0.25, 0.3) is 0 Å². The van der Waals surface area contributed by atoms with Gasteiger partial charge in [0.05, 0.1) is 29.3 Å². The highest BCUT2D eigenvalue weighted by atomic mass is 32.2. The number of nitriles is 1. The summed E-state index contributed by atoms with van der Waals surface area (Å²) in [6, 6.07) is 14.1. The number of nitrogens with zero attached hydrogens (tertiary/aromatic N) is 1. The van der Waals surface area contributed by atoms with E-state index in [2.05, 4.69) is 10.0 Å². The molecule has 10 heteroatoms. The third-order valence-corrected chi connectivity index (χ3v) is 5.56. The van der Waals surface area contributed by atoms with Crippen molar-refractivity contribution in [1.29, 1.82) is 5.26 Å². The molecule has 0 spiro atoms. The van der Waals surface area contributed by atoms with Gasteiger partial charge in [0.2, 0.25) is 0 Å². The predicted molar refractivity (Wildman–Crippen MR) is 109 cm³/mol. The molecular weight excluding hydrogens is 428 g/mol. The standard InChI is InChI=1S/C21H15F2N3O4S/c1-30-20-9-5-15(25-21(27)14-4-8-17(22)18(23)10-14)11-19(20)26-31(28,29)16-6-2-13(12-24)3-7-16/h2-11,26H,1H3,(H,25,27). The summed E-state index contributed by atoms with van der Waals surface area (Å²) in [5.74, 6) is -2.79. The summed E-state index contributed by atoms with van der Waals surface area (Å²) in [5.41, 5.74) is 0.413. The molecule has 0 aliphatic carbocycles. The lowest BCUT2D eigenvalue weighted by Crippen LogP contribution is -2.15. The van der Waals surface area contributed by atoms with Crippen molar-refractivity contribution in [1.82, 2.24) is 0 Å². The van der Waals surface area contributed by atoms with Crippen LogP contribution < -0.4 is 14.8 Å². The van der Waals surface area contributed by atoms with Crippen molar-refractivity contribution < 1.29 is 26.7 Å². The number of rotatable bonds is 6. The van der Waals surface area contributed by atoms with Crippen LogP contribution in [0.5, 0.6) is 5.75 Å². The van der Waals surface area contributed by atoms with Gasteiger partial charge < -0.3 is 10.1 Å². The quantitative estimate of drug-likeness (QED) is 0.601. The van der Waals surface area contributed by atoms with Gasteiger partial charge in [-0.05, 0) is 60.7 Å². The molecule has 0 fully saturated rings. The fourth-order valence-corrected chi connectivity index (χ4v) is 3.68. The summed E-state index contributed by atoms with van der Waals surface area (Å²) in [7, 11) is -2.68. The minimum atomic E-state index is -4.02. The molecule has 0 radical (unpaired) electrons. The number of sulfonamides is 1. The van der Waals surface area contributed by atoms with Crippen molar-refractivity contribution in [3.63, 3.8) is 0 Å². The van der Waals surface area contributed by atoms with E-state index in [1.54, 1.807) is 0 Å². The van der Waals surface area contributed by atoms with Gasteiger partial charge in [0.1, 0.15) is 5.75 Å². The lowest BCUT2D eigenvalue weighted by Gasteiger charge is -2.14. The number of nitrogens with one attached hydrogen (secondary N) is 2. The van der Waals surface area contributed by atoms with Crippen LogP contribution in [0.2, 0.25) is 0 Å². The van der Waals surface area contributed by atoms with Crippen LogP contribution in [0, 0.1) is 23.0 Å². The first kappa shape index (κ1) is 21.7. The largest absolute Gasteiger partial charge is 0.495 e. The monoisotopic (exact) mass is 443 g/mol. The van der Waals surface area contributed by atoms with Gasteiger partial charge in [-0.2, -0.15) is 5.26 Å². The molecule has 0 bridgehead atoms. The molecule has 3 rings (SSSR count). The number of carbonyl (C=O) groups excluding carboxylic acids is 1. The first-order chi connectivity index (χ1) is 14.7. The molecule has 2 N–H and O–H groups in total. The molecule has 0 saturated heterocycles. The second-order valence-electron chi connectivity index (χ2n) is 6.24. The highest BCUT2D eigenvalue weighted by Gasteiger charge is 2.18. The van der Waals surface area contributed by atoms with Gasteiger partial charge in [0.15, 0.2) is 11.6 Å². The van der Waals surface area contributed by atoms with Crippen LogP contribution in [-0.4, -0.2) is 21.4 Å². The molecule has 0 atom stereocenters. The van der Waals surface area contributed by atoms with Crippen molar-refractivity contribution in [3.05, 3.63) is 83.4 Å². The van der Waals surface area contributed by atoms with E-state index in [1.807, 2.05) is 6.07 Å². The first-order valence-electron chi connectivity index (χ1n) is 8.71. The molecule has 0 saturated carbocycles. The van der Waals surface area contributed by atoms with Crippen LogP contribution >= 0.6 is 0 Å². The van der Waals surface area contributed by atoms with E-state index in [-0.39, 0.29) is 27.6 Å². The molecule has 7 nitrogen and oxygen atoms in total. The van der Waals surface area contributed by atoms with E-state index in [4.69, 9.17) is 10.00 Å². The smallest absolute Gasteiger partial charge is 0.262 e. The molecule has 0 aliphatic rings. The van der Waals surface area contributed by atoms with Crippen LogP contribution in [-0.2, 0) is 10.0 Å². The summed E-state index contributed by atoms with van der Waals surface area (Å²) in [4.78, 5) is 12.2. The first-order valence-corrected chi connectivity index (χ1v) is 10.2. The summed E-state index contributed by atoms with van der Waals surface area (Å²) >= 11 is 0. The Bertz CT molecular complexity index is 1290. The lowest BCUT2D eigenvalue weighted by atomic mass is 10.2. The maximum Gasteiger partial charge on any atom is 0.262 e.